The number of hydrogen-bond donors (Lipinski definition) is 1. The maximum Gasteiger partial charge on any atom is 0.310 e. The van der Waals surface area contributed by atoms with Gasteiger partial charge in [0.1, 0.15) is 11.5 Å². The Morgan fingerprint density at radius 2 is 2.00 bits per heavy atom. The van der Waals surface area contributed by atoms with Crippen LogP contribution >= 0.6 is 0 Å². The normalized spacial score (nSPS) is 16.7. The van der Waals surface area contributed by atoms with Crippen LogP contribution < -0.4 is 4.72 Å². The second kappa shape index (κ2) is 9.21. The fraction of sp³-hybridized carbons (Fsp3) is 0.350. The van der Waals surface area contributed by atoms with Crippen molar-refractivity contribution in [3.63, 3.8) is 0 Å². The van der Waals surface area contributed by atoms with Crippen LogP contribution in [-0.2, 0) is 19.6 Å². The number of carbonyl (C=O) groups excluding carboxylic acids is 2. The number of nitrogens with one attached hydrogen (secondary N) is 1. The van der Waals surface area contributed by atoms with E-state index < -0.39 is 21.7 Å². The second-order valence-corrected chi connectivity index (χ2v) is 8.51. The zero-order valence-corrected chi connectivity index (χ0v) is 17.2. The Bertz CT molecular complexity index is 1030. The van der Waals surface area contributed by atoms with Gasteiger partial charge in [-0.25, -0.2) is 12.8 Å². The smallest absolute Gasteiger partial charge is 0.310 e. The van der Waals surface area contributed by atoms with Gasteiger partial charge in [0.15, 0.2) is 0 Å². The van der Waals surface area contributed by atoms with Crippen molar-refractivity contribution in [1.29, 1.82) is 0 Å². The number of nitrogens with zero attached hydrogens (tertiary/aromatic N) is 2. The molecule has 1 N–H and O–H groups in total. The molecule has 10 heteroatoms. The van der Waals surface area contributed by atoms with E-state index in [2.05, 4.69) is 9.71 Å². The Morgan fingerprint density at radius 3 is 2.70 bits per heavy atom. The molecule has 3 rings (SSSR count). The number of likely N-dealkylation sites (tertiary alicyclic amines) is 1. The minimum Gasteiger partial charge on any atom is -0.466 e. The molecule has 0 saturated carbocycles. The maximum absolute atomic E-state index is 13.0. The Balaban J connectivity index is 1.74. The van der Waals surface area contributed by atoms with E-state index in [1.807, 2.05) is 0 Å². The van der Waals surface area contributed by atoms with Crippen molar-refractivity contribution in [3.05, 3.63) is 54.1 Å². The minimum absolute atomic E-state index is 0.0545. The van der Waals surface area contributed by atoms with Crippen LogP contribution in [0.15, 0.2) is 47.5 Å². The summed E-state index contributed by atoms with van der Waals surface area (Å²) in [5.74, 6) is -1.66. The first-order chi connectivity index (χ1) is 14.3. The number of hydrogen-bond acceptors (Lipinski definition) is 6. The molecular weight excluding hydrogens is 413 g/mol. The summed E-state index contributed by atoms with van der Waals surface area (Å²) in [5, 5.41) is 0. The summed E-state index contributed by atoms with van der Waals surface area (Å²) in [4.78, 5) is 30.3. The minimum atomic E-state index is -3.95. The van der Waals surface area contributed by atoms with Crippen molar-refractivity contribution in [1.82, 2.24) is 9.88 Å². The lowest BCUT2D eigenvalue weighted by Gasteiger charge is -2.31. The number of carbonyl (C=O) groups is 2. The first-order valence-corrected chi connectivity index (χ1v) is 11.0. The topological polar surface area (TPSA) is 106 Å². The third kappa shape index (κ3) is 5.12. The van der Waals surface area contributed by atoms with Gasteiger partial charge < -0.3 is 9.64 Å². The van der Waals surface area contributed by atoms with Gasteiger partial charge in [-0.3, -0.25) is 19.3 Å². The number of pyridine rings is 1. The number of esters is 1. The molecule has 1 aliphatic rings. The van der Waals surface area contributed by atoms with Gasteiger partial charge in [-0.1, -0.05) is 0 Å². The summed E-state index contributed by atoms with van der Waals surface area (Å²) in [6.07, 6.45) is 2.63. The van der Waals surface area contributed by atoms with Gasteiger partial charge >= 0.3 is 5.97 Å². The molecule has 0 spiro atoms. The molecule has 1 fully saturated rings. The van der Waals surface area contributed by atoms with Crippen molar-refractivity contribution < 1.29 is 27.1 Å². The van der Waals surface area contributed by atoms with Gasteiger partial charge in [0.2, 0.25) is 0 Å². The Kier molecular flexibility index (Phi) is 6.66. The van der Waals surface area contributed by atoms with Crippen molar-refractivity contribution >= 4 is 27.6 Å². The van der Waals surface area contributed by atoms with E-state index in [1.165, 1.54) is 23.2 Å². The second-order valence-electron chi connectivity index (χ2n) is 6.83. The molecule has 1 amide bonds. The molecule has 1 atom stereocenters. The van der Waals surface area contributed by atoms with E-state index in [-0.39, 0.29) is 41.3 Å². The molecule has 1 aliphatic heterocycles. The summed E-state index contributed by atoms with van der Waals surface area (Å²) >= 11 is 0. The highest BCUT2D eigenvalue weighted by Crippen LogP contribution is 2.21. The molecule has 1 aromatic heterocycles. The van der Waals surface area contributed by atoms with Gasteiger partial charge in [0.25, 0.3) is 15.9 Å². The number of halogens is 1. The van der Waals surface area contributed by atoms with Crippen molar-refractivity contribution in [2.75, 3.05) is 24.4 Å². The predicted octanol–water partition coefficient (Wildman–Crippen LogP) is 2.44. The van der Waals surface area contributed by atoms with E-state index in [0.717, 1.165) is 24.3 Å². The van der Waals surface area contributed by atoms with E-state index in [1.54, 1.807) is 6.92 Å². The first-order valence-electron chi connectivity index (χ1n) is 9.50. The van der Waals surface area contributed by atoms with Gasteiger partial charge in [-0.05, 0) is 56.2 Å². The standard InChI is InChI=1S/C20H22FN3O5S/c1-2-29-20(26)14-4-3-11-24(13-14)19(25)18-12-16(9-10-22-18)23-30(27,28)17-7-5-15(21)6-8-17/h5-10,12,14H,2-4,11,13H2,1H3,(H,22,23). The first kappa shape index (κ1) is 21.7. The van der Waals surface area contributed by atoms with Crippen LogP contribution in [0.3, 0.4) is 0 Å². The number of rotatable bonds is 6. The highest BCUT2D eigenvalue weighted by atomic mass is 32.2. The van der Waals surface area contributed by atoms with E-state index in [4.69, 9.17) is 4.74 Å². The van der Waals surface area contributed by atoms with Crippen LogP contribution in [0.5, 0.6) is 0 Å². The molecule has 30 heavy (non-hydrogen) atoms. The highest BCUT2D eigenvalue weighted by molar-refractivity contribution is 7.92. The molecule has 2 aromatic rings. The molecule has 0 bridgehead atoms. The SMILES string of the molecule is CCOC(=O)C1CCCN(C(=O)c2cc(NS(=O)(=O)c3ccc(F)cc3)ccn2)C1. The molecule has 1 unspecified atom stereocenters. The number of anilines is 1. The average Bonchev–Trinajstić information content (AvgIpc) is 2.73. The van der Waals surface area contributed by atoms with Crippen molar-refractivity contribution in [2.24, 2.45) is 5.92 Å². The third-order valence-electron chi connectivity index (χ3n) is 4.68. The quantitative estimate of drug-likeness (QED) is 0.699. The van der Waals surface area contributed by atoms with Gasteiger partial charge in [-0.15, -0.1) is 0 Å². The molecule has 1 saturated heterocycles. The van der Waals surface area contributed by atoms with E-state index in [9.17, 15) is 22.4 Å². The lowest BCUT2D eigenvalue weighted by molar-refractivity contribution is -0.149. The summed E-state index contributed by atoms with van der Waals surface area (Å²) < 4.78 is 45.4. The van der Waals surface area contributed by atoms with Gasteiger partial charge in [-0.2, -0.15) is 0 Å². The maximum atomic E-state index is 13.0. The number of ether oxygens (including phenoxy) is 1. The van der Waals surface area contributed by atoms with Crippen LogP contribution in [0.2, 0.25) is 0 Å². The zero-order chi connectivity index (χ0) is 21.7. The molecule has 0 radical (unpaired) electrons. The number of benzene rings is 1. The summed E-state index contributed by atoms with van der Waals surface area (Å²) in [6.45, 7) is 2.71. The van der Waals surface area contributed by atoms with Gasteiger partial charge in [0, 0.05) is 19.3 Å². The summed E-state index contributed by atoms with van der Waals surface area (Å²) in [6, 6.07) is 7.13. The summed E-state index contributed by atoms with van der Waals surface area (Å²) in [5.41, 5.74) is 0.204. The Morgan fingerprint density at radius 1 is 1.27 bits per heavy atom. The lowest BCUT2D eigenvalue weighted by atomic mass is 9.98. The monoisotopic (exact) mass is 435 g/mol. The predicted molar refractivity (Wildman–Crippen MR) is 107 cm³/mol. The number of aromatic nitrogens is 1. The molecule has 2 heterocycles. The molecule has 1 aromatic carbocycles. The highest BCUT2D eigenvalue weighted by Gasteiger charge is 2.30. The molecule has 160 valence electrons. The number of piperidine rings is 1. The van der Waals surface area contributed by atoms with Crippen LogP contribution in [0, 0.1) is 11.7 Å². The van der Waals surface area contributed by atoms with Crippen LogP contribution in [-0.4, -0.2) is 49.9 Å². The fourth-order valence-electron chi connectivity index (χ4n) is 3.21. The Labute approximate surface area is 174 Å². The third-order valence-corrected chi connectivity index (χ3v) is 6.08. The number of amides is 1. The van der Waals surface area contributed by atoms with Crippen molar-refractivity contribution in [3.8, 4) is 0 Å². The van der Waals surface area contributed by atoms with Crippen LogP contribution in [0.25, 0.3) is 0 Å². The zero-order valence-electron chi connectivity index (χ0n) is 16.4. The number of sulfonamides is 1. The van der Waals surface area contributed by atoms with Crippen molar-refractivity contribution in [2.45, 2.75) is 24.7 Å². The Hall–Kier alpha value is -3.01. The molecular formula is C20H22FN3O5S. The lowest BCUT2D eigenvalue weighted by Crippen LogP contribution is -2.43. The van der Waals surface area contributed by atoms with E-state index in [0.29, 0.717) is 19.4 Å². The van der Waals surface area contributed by atoms with Crippen LogP contribution in [0.4, 0.5) is 10.1 Å². The molecule has 8 nitrogen and oxygen atoms in total. The largest absolute Gasteiger partial charge is 0.466 e. The summed E-state index contributed by atoms with van der Waals surface area (Å²) in [7, 11) is -3.95. The van der Waals surface area contributed by atoms with Gasteiger partial charge in [0.05, 0.1) is 23.1 Å². The van der Waals surface area contributed by atoms with E-state index >= 15 is 0 Å². The fourth-order valence-corrected chi connectivity index (χ4v) is 4.26. The molecule has 0 aliphatic carbocycles. The van der Waals surface area contributed by atoms with Crippen LogP contribution in [0.1, 0.15) is 30.3 Å². The average molecular weight is 435 g/mol.